The van der Waals surface area contributed by atoms with Crippen molar-refractivity contribution < 1.29 is 41.2 Å². The van der Waals surface area contributed by atoms with E-state index < -0.39 is 40.4 Å². The van der Waals surface area contributed by atoms with Crippen LogP contribution < -0.4 is 5.32 Å². The molecule has 2 rings (SSSR count). The summed E-state index contributed by atoms with van der Waals surface area (Å²) in [4.78, 5) is 36.0. The molecule has 1 N–H and O–H groups in total. The van der Waals surface area contributed by atoms with Crippen LogP contribution in [0.15, 0.2) is 60.7 Å². The maximum Gasteiger partial charge on any atom is 0.338 e. The van der Waals surface area contributed by atoms with Crippen molar-refractivity contribution in [2.75, 3.05) is 25.7 Å². The number of carbonyl (C=O) groups is 3. The summed E-state index contributed by atoms with van der Waals surface area (Å²) >= 11 is 0. The average molecular weight is 550 g/mol. The molecule has 0 aliphatic heterocycles. The maximum absolute atomic E-state index is 13.0. The SMILES string of the molecule is CC(=O)NCCCS(=O)(=O)OCC(C)(C)[C@@H](OCc1ccccc1)C(=O)OCOC(=O)Cc1ccccc1. The normalized spacial score (nSPS) is 12.4. The fourth-order valence-corrected chi connectivity index (χ4v) is 4.40. The van der Waals surface area contributed by atoms with Crippen LogP contribution in [0.3, 0.4) is 0 Å². The highest BCUT2D eigenvalue weighted by Gasteiger charge is 2.39. The van der Waals surface area contributed by atoms with Gasteiger partial charge in [0.1, 0.15) is 0 Å². The lowest BCUT2D eigenvalue weighted by Gasteiger charge is -2.32. The molecular weight excluding hydrogens is 514 g/mol. The number of nitrogens with one attached hydrogen (secondary N) is 1. The Morgan fingerprint density at radius 3 is 2.13 bits per heavy atom. The van der Waals surface area contributed by atoms with E-state index in [1.807, 2.05) is 36.4 Å². The van der Waals surface area contributed by atoms with Crippen molar-refractivity contribution in [2.45, 2.75) is 46.3 Å². The minimum absolute atomic E-state index is 0.0193. The molecule has 0 saturated heterocycles. The largest absolute Gasteiger partial charge is 0.428 e. The molecule has 0 unspecified atom stereocenters. The fraction of sp³-hybridized carbons (Fsp3) is 0.444. The molecule has 0 saturated carbocycles. The van der Waals surface area contributed by atoms with E-state index in [1.165, 1.54) is 6.92 Å². The average Bonchev–Trinajstić information content (AvgIpc) is 2.87. The number of hydrogen-bond donors (Lipinski definition) is 1. The van der Waals surface area contributed by atoms with Crippen molar-refractivity contribution >= 4 is 28.0 Å². The Balaban J connectivity index is 1.97. The van der Waals surface area contributed by atoms with Crippen LogP contribution >= 0.6 is 0 Å². The van der Waals surface area contributed by atoms with Crippen LogP contribution in [0.4, 0.5) is 0 Å². The van der Waals surface area contributed by atoms with Crippen molar-refractivity contribution in [3.05, 3.63) is 71.8 Å². The predicted octanol–water partition coefficient (Wildman–Crippen LogP) is 2.76. The molecule has 0 radical (unpaired) electrons. The van der Waals surface area contributed by atoms with Crippen molar-refractivity contribution in [1.82, 2.24) is 5.32 Å². The van der Waals surface area contributed by atoms with Crippen LogP contribution in [0.25, 0.3) is 0 Å². The fourth-order valence-electron chi connectivity index (χ4n) is 3.30. The van der Waals surface area contributed by atoms with Gasteiger partial charge in [-0.3, -0.25) is 13.8 Å². The highest BCUT2D eigenvalue weighted by atomic mass is 32.2. The minimum atomic E-state index is -3.93. The summed E-state index contributed by atoms with van der Waals surface area (Å²) in [6, 6.07) is 18.1. The van der Waals surface area contributed by atoms with Gasteiger partial charge in [-0.2, -0.15) is 8.42 Å². The van der Waals surface area contributed by atoms with E-state index >= 15 is 0 Å². The second-order valence-corrected chi connectivity index (χ2v) is 11.0. The Bertz CT molecular complexity index is 1140. The molecular formula is C27H35NO9S. The van der Waals surface area contributed by atoms with Crippen LogP contribution in [0.5, 0.6) is 0 Å². The summed E-state index contributed by atoms with van der Waals surface area (Å²) in [5, 5.41) is 2.52. The Labute approximate surface area is 223 Å². The van der Waals surface area contributed by atoms with E-state index in [-0.39, 0.29) is 44.3 Å². The van der Waals surface area contributed by atoms with Crippen LogP contribution in [0.1, 0.15) is 38.3 Å². The zero-order chi connectivity index (χ0) is 28.0. The monoisotopic (exact) mass is 549 g/mol. The molecule has 2 aromatic carbocycles. The molecule has 11 heteroatoms. The van der Waals surface area contributed by atoms with Gasteiger partial charge >= 0.3 is 11.9 Å². The van der Waals surface area contributed by atoms with E-state index in [9.17, 15) is 22.8 Å². The van der Waals surface area contributed by atoms with Gasteiger partial charge in [0.25, 0.3) is 10.1 Å². The molecule has 0 aliphatic rings. The molecule has 2 aromatic rings. The standard InChI is InChI=1S/C27H35NO9S/c1-21(29)28-15-10-16-38(32,33)37-19-27(2,3)25(34-18-23-13-8-5-9-14-23)26(31)36-20-35-24(30)17-22-11-6-4-7-12-22/h4-9,11-14,25H,10,15-20H2,1-3H3,(H,28,29)/t25-/m0/s1. The predicted molar refractivity (Wildman–Crippen MR) is 139 cm³/mol. The molecule has 1 atom stereocenters. The van der Waals surface area contributed by atoms with Crippen LogP contribution in [-0.2, 0) is 55.9 Å². The molecule has 0 aliphatic carbocycles. The first-order chi connectivity index (χ1) is 18.0. The number of amides is 1. The highest BCUT2D eigenvalue weighted by molar-refractivity contribution is 7.86. The number of hydrogen-bond acceptors (Lipinski definition) is 9. The summed E-state index contributed by atoms with van der Waals surface area (Å²) in [5.74, 6) is -1.96. The third-order valence-corrected chi connectivity index (χ3v) is 6.62. The zero-order valence-corrected chi connectivity index (χ0v) is 22.7. The van der Waals surface area contributed by atoms with Gasteiger partial charge in [0.2, 0.25) is 12.7 Å². The Kier molecular flexibility index (Phi) is 12.4. The zero-order valence-electron chi connectivity index (χ0n) is 21.9. The van der Waals surface area contributed by atoms with Gasteiger partial charge in [-0.15, -0.1) is 0 Å². The quantitative estimate of drug-likeness (QED) is 0.145. The lowest BCUT2D eigenvalue weighted by Crippen LogP contribution is -2.44. The van der Waals surface area contributed by atoms with Gasteiger partial charge in [0.05, 0.1) is 25.4 Å². The molecule has 208 valence electrons. The molecule has 1 amide bonds. The van der Waals surface area contributed by atoms with Gasteiger partial charge in [0, 0.05) is 18.9 Å². The third kappa shape index (κ3) is 11.8. The van der Waals surface area contributed by atoms with Gasteiger partial charge in [0.15, 0.2) is 6.10 Å². The second-order valence-electron chi connectivity index (χ2n) is 9.29. The molecule has 0 spiro atoms. The van der Waals surface area contributed by atoms with Crippen LogP contribution in [0, 0.1) is 5.41 Å². The van der Waals surface area contributed by atoms with Gasteiger partial charge in [-0.25, -0.2) is 4.79 Å². The topological polar surface area (TPSA) is 134 Å². The molecule has 0 fully saturated rings. The van der Waals surface area contributed by atoms with Crippen molar-refractivity contribution in [3.63, 3.8) is 0 Å². The van der Waals surface area contributed by atoms with E-state index in [2.05, 4.69) is 5.32 Å². The first-order valence-electron chi connectivity index (χ1n) is 12.1. The summed E-state index contributed by atoms with van der Waals surface area (Å²) < 4.78 is 45.9. The Morgan fingerprint density at radius 2 is 1.53 bits per heavy atom. The number of esters is 2. The van der Waals surface area contributed by atoms with E-state index in [4.69, 9.17) is 18.4 Å². The van der Waals surface area contributed by atoms with Crippen LogP contribution in [-0.4, -0.2) is 58.1 Å². The lowest BCUT2D eigenvalue weighted by atomic mass is 9.87. The number of ether oxygens (including phenoxy) is 3. The van der Waals surface area contributed by atoms with Crippen molar-refractivity contribution in [3.8, 4) is 0 Å². The second kappa shape index (κ2) is 15.2. The number of rotatable bonds is 16. The minimum Gasteiger partial charge on any atom is -0.428 e. The molecule has 38 heavy (non-hydrogen) atoms. The Hall–Kier alpha value is -3.28. The summed E-state index contributed by atoms with van der Waals surface area (Å²) in [5.41, 5.74) is 0.413. The van der Waals surface area contributed by atoms with Gasteiger partial charge in [-0.05, 0) is 17.5 Å². The number of carbonyl (C=O) groups excluding carboxylic acids is 3. The Morgan fingerprint density at radius 1 is 0.921 bits per heavy atom. The summed E-state index contributed by atoms with van der Waals surface area (Å²) in [7, 11) is -3.93. The van der Waals surface area contributed by atoms with E-state index in [1.54, 1.807) is 38.1 Å². The number of benzene rings is 2. The summed E-state index contributed by atoms with van der Waals surface area (Å²) in [6.07, 6.45) is -1.04. The van der Waals surface area contributed by atoms with E-state index in [0.29, 0.717) is 0 Å². The smallest absolute Gasteiger partial charge is 0.338 e. The molecule has 0 aromatic heterocycles. The lowest BCUT2D eigenvalue weighted by molar-refractivity contribution is -0.183. The van der Waals surface area contributed by atoms with Crippen LogP contribution in [0.2, 0.25) is 0 Å². The first kappa shape index (κ1) is 30.9. The maximum atomic E-state index is 13.0. The van der Waals surface area contributed by atoms with Crippen molar-refractivity contribution in [2.24, 2.45) is 5.41 Å². The highest BCUT2D eigenvalue weighted by Crippen LogP contribution is 2.27. The third-order valence-electron chi connectivity index (χ3n) is 5.35. The van der Waals surface area contributed by atoms with E-state index in [0.717, 1.165) is 11.1 Å². The van der Waals surface area contributed by atoms with Crippen molar-refractivity contribution in [1.29, 1.82) is 0 Å². The molecule has 0 bridgehead atoms. The summed E-state index contributed by atoms with van der Waals surface area (Å²) in [6.45, 7) is 3.83. The molecule has 10 nitrogen and oxygen atoms in total. The van der Waals surface area contributed by atoms with Gasteiger partial charge < -0.3 is 19.5 Å². The van der Waals surface area contributed by atoms with Gasteiger partial charge in [-0.1, -0.05) is 74.5 Å². The first-order valence-corrected chi connectivity index (χ1v) is 13.7. The molecule has 0 heterocycles.